The van der Waals surface area contributed by atoms with Gasteiger partial charge in [-0.3, -0.25) is 14.9 Å². The van der Waals surface area contributed by atoms with Crippen molar-refractivity contribution in [2.75, 3.05) is 18.5 Å². The number of amides is 2. The van der Waals surface area contributed by atoms with Gasteiger partial charge in [-0.05, 0) is 24.1 Å². The number of hydrogen-bond acceptors (Lipinski definition) is 8. The number of aromatic nitrogens is 2. The van der Waals surface area contributed by atoms with Crippen LogP contribution in [0, 0.1) is 0 Å². The highest BCUT2D eigenvalue weighted by Gasteiger charge is 2.31. The highest BCUT2D eigenvalue weighted by molar-refractivity contribution is 8.15. The lowest BCUT2D eigenvalue weighted by atomic mass is 10.1. The number of aliphatic hydroxyl groups is 1. The number of imide groups is 1. The van der Waals surface area contributed by atoms with E-state index < -0.39 is 0 Å². The van der Waals surface area contributed by atoms with Crippen molar-refractivity contribution in [2.24, 2.45) is 0 Å². The van der Waals surface area contributed by atoms with Gasteiger partial charge in [0.2, 0.25) is 5.91 Å². The fraction of sp³-hybridized carbons (Fsp3) is 0.294. The zero-order chi connectivity index (χ0) is 19.2. The molecule has 1 unspecified atom stereocenters. The first-order valence-corrected chi connectivity index (χ1v) is 9.40. The van der Waals surface area contributed by atoms with Gasteiger partial charge in [0.05, 0.1) is 11.8 Å². The molecule has 1 fully saturated rings. The predicted molar refractivity (Wildman–Crippen MR) is 102 cm³/mol. The van der Waals surface area contributed by atoms with E-state index in [2.05, 4.69) is 20.6 Å². The molecule has 3 N–H and O–H groups in total. The lowest BCUT2D eigenvalue weighted by molar-refractivity contribution is -0.118. The molecular weight excluding hydrogens is 392 g/mol. The normalized spacial score (nSPS) is 16.3. The number of rotatable bonds is 8. The summed E-state index contributed by atoms with van der Waals surface area (Å²) < 4.78 is 5.65. The van der Waals surface area contributed by atoms with E-state index in [9.17, 15) is 9.59 Å². The second-order valence-corrected chi connectivity index (χ2v) is 7.22. The van der Waals surface area contributed by atoms with Gasteiger partial charge in [0.15, 0.2) is 5.82 Å². The van der Waals surface area contributed by atoms with E-state index in [0.29, 0.717) is 31.1 Å². The Morgan fingerprint density at radius 2 is 2.04 bits per heavy atom. The van der Waals surface area contributed by atoms with Crippen molar-refractivity contribution in [3.8, 4) is 5.75 Å². The van der Waals surface area contributed by atoms with Gasteiger partial charge in [-0.25, -0.2) is 9.97 Å². The van der Waals surface area contributed by atoms with Gasteiger partial charge >= 0.3 is 0 Å². The Morgan fingerprint density at radius 1 is 1.26 bits per heavy atom. The summed E-state index contributed by atoms with van der Waals surface area (Å²) in [5.41, 5.74) is 0.954. The fourth-order valence-electron chi connectivity index (χ4n) is 2.44. The van der Waals surface area contributed by atoms with Crippen LogP contribution in [-0.2, 0) is 17.8 Å². The minimum absolute atomic E-state index is 0.245. The smallest absolute Gasteiger partial charge is 0.286 e. The first-order valence-electron chi connectivity index (χ1n) is 8.15. The Balaban J connectivity index is 1.44. The van der Waals surface area contributed by atoms with Crippen LogP contribution in [0.5, 0.6) is 5.75 Å². The van der Waals surface area contributed by atoms with Crippen LogP contribution in [-0.4, -0.2) is 44.6 Å². The molecular formula is C17H17ClN4O4S. The average Bonchev–Trinajstić information content (AvgIpc) is 2.96. The summed E-state index contributed by atoms with van der Waals surface area (Å²) in [7, 11) is 0. The number of aliphatic hydroxyl groups excluding tert-OH is 1. The van der Waals surface area contributed by atoms with Crippen LogP contribution < -0.4 is 15.4 Å². The van der Waals surface area contributed by atoms with Crippen LogP contribution in [0.2, 0.25) is 5.15 Å². The van der Waals surface area contributed by atoms with E-state index in [-0.39, 0.29) is 34.0 Å². The third kappa shape index (κ3) is 5.56. The number of hydrogen-bond donors (Lipinski definition) is 3. The summed E-state index contributed by atoms with van der Waals surface area (Å²) >= 11 is 6.87. The number of carbonyl (C=O) groups excluding carboxylic acids is 2. The molecule has 1 aromatic carbocycles. The maximum Gasteiger partial charge on any atom is 0.286 e. The van der Waals surface area contributed by atoms with Gasteiger partial charge < -0.3 is 15.2 Å². The Labute approximate surface area is 164 Å². The van der Waals surface area contributed by atoms with E-state index >= 15 is 0 Å². The van der Waals surface area contributed by atoms with E-state index in [1.807, 2.05) is 24.3 Å². The molecule has 1 saturated heterocycles. The molecule has 27 heavy (non-hydrogen) atoms. The lowest BCUT2D eigenvalue weighted by Gasteiger charge is -2.10. The highest BCUT2D eigenvalue weighted by Crippen LogP contribution is 2.23. The molecule has 3 rings (SSSR count). The Morgan fingerprint density at radius 3 is 2.70 bits per heavy atom. The van der Waals surface area contributed by atoms with E-state index in [1.54, 1.807) is 6.07 Å². The third-order valence-corrected chi connectivity index (χ3v) is 4.85. The molecule has 1 aliphatic heterocycles. The number of ether oxygens (including phenoxy) is 1. The van der Waals surface area contributed by atoms with Crippen molar-refractivity contribution in [2.45, 2.75) is 18.3 Å². The second-order valence-electron chi connectivity index (χ2n) is 5.66. The van der Waals surface area contributed by atoms with Crippen molar-refractivity contribution >= 4 is 40.3 Å². The molecule has 2 amide bonds. The van der Waals surface area contributed by atoms with E-state index in [1.165, 1.54) is 0 Å². The molecule has 0 radical (unpaired) electrons. The molecule has 0 aliphatic carbocycles. The monoisotopic (exact) mass is 408 g/mol. The van der Waals surface area contributed by atoms with Gasteiger partial charge in [0, 0.05) is 6.07 Å². The van der Waals surface area contributed by atoms with Crippen molar-refractivity contribution < 1.29 is 19.4 Å². The third-order valence-electron chi connectivity index (χ3n) is 3.67. The topological polar surface area (TPSA) is 113 Å². The largest absolute Gasteiger partial charge is 0.492 e. The second kappa shape index (κ2) is 9.03. The van der Waals surface area contributed by atoms with Crippen LogP contribution in [0.15, 0.2) is 30.3 Å². The average molecular weight is 409 g/mol. The van der Waals surface area contributed by atoms with Gasteiger partial charge in [-0.15, -0.1) is 0 Å². The molecule has 0 bridgehead atoms. The van der Waals surface area contributed by atoms with Crippen LogP contribution in [0.3, 0.4) is 0 Å². The van der Waals surface area contributed by atoms with Gasteiger partial charge in [-0.1, -0.05) is 35.5 Å². The molecule has 8 nitrogen and oxygen atoms in total. The minimum Gasteiger partial charge on any atom is -0.492 e. The van der Waals surface area contributed by atoms with Gasteiger partial charge in [-0.2, -0.15) is 0 Å². The molecule has 142 valence electrons. The number of anilines is 1. The summed E-state index contributed by atoms with van der Waals surface area (Å²) in [6.07, 6.45) is 0.492. The number of thioether (sulfide) groups is 1. The first-order chi connectivity index (χ1) is 13.0. The molecule has 0 saturated carbocycles. The number of nitrogens with zero attached hydrogens (tertiary/aromatic N) is 2. The number of nitrogens with one attached hydrogen (secondary N) is 2. The van der Waals surface area contributed by atoms with Gasteiger partial charge in [0.1, 0.15) is 29.9 Å². The molecule has 1 atom stereocenters. The summed E-state index contributed by atoms with van der Waals surface area (Å²) in [5.74, 6) is 1.21. The van der Waals surface area contributed by atoms with Crippen molar-refractivity contribution in [1.29, 1.82) is 0 Å². The predicted octanol–water partition coefficient (Wildman–Crippen LogP) is 2.01. The fourth-order valence-corrected chi connectivity index (χ4v) is 3.50. The van der Waals surface area contributed by atoms with Crippen LogP contribution in [0.4, 0.5) is 10.6 Å². The molecule has 10 heteroatoms. The Bertz CT molecular complexity index is 834. The summed E-state index contributed by atoms with van der Waals surface area (Å²) in [6.45, 7) is 0.596. The van der Waals surface area contributed by atoms with Crippen LogP contribution in [0.1, 0.15) is 11.4 Å². The Kier molecular flexibility index (Phi) is 6.49. The van der Waals surface area contributed by atoms with Crippen molar-refractivity contribution in [3.05, 3.63) is 46.9 Å². The number of carbonyl (C=O) groups is 2. The number of halogens is 1. The highest BCUT2D eigenvalue weighted by atomic mass is 35.5. The minimum atomic E-state index is -0.378. The SMILES string of the molecule is O=C1NC(=O)C(Cc2ccc(OCCNc3cc(Cl)nc(CO)n3)cc2)S1. The molecule has 1 aromatic heterocycles. The maximum absolute atomic E-state index is 11.6. The molecule has 2 heterocycles. The molecule has 1 aliphatic rings. The van der Waals surface area contributed by atoms with E-state index in [0.717, 1.165) is 17.3 Å². The summed E-state index contributed by atoms with van der Waals surface area (Å²) in [6, 6.07) is 8.95. The van der Waals surface area contributed by atoms with E-state index in [4.69, 9.17) is 21.4 Å². The standard InChI is InChI=1S/C17H17ClN4O4S/c18-13-8-14(21-15(9-23)20-13)19-5-6-26-11-3-1-10(2-4-11)7-12-16(24)22-17(25)27-12/h1-4,8,12,23H,5-7,9H2,(H,19,20,21)(H,22,24,25). The summed E-state index contributed by atoms with van der Waals surface area (Å²) in [5, 5.41) is 14.0. The zero-order valence-corrected chi connectivity index (χ0v) is 15.7. The maximum atomic E-state index is 11.6. The quantitative estimate of drug-likeness (QED) is 0.449. The zero-order valence-electron chi connectivity index (χ0n) is 14.1. The number of benzene rings is 1. The molecule has 0 spiro atoms. The van der Waals surface area contributed by atoms with Crippen molar-refractivity contribution in [1.82, 2.24) is 15.3 Å². The van der Waals surface area contributed by atoms with Crippen molar-refractivity contribution in [3.63, 3.8) is 0 Å². The van der Waals surface area contributed by atoms with Crippen LogP contribution >= 0.6 is 23.4 Å². The summed E-state index contributed by atoms with van der Waals surface area (Å²) in [4.78, 5) is 30.7. The Hall–Kier alpha value is -2.36. The van der Waals surface area contributed by atoms with Crippen LogP contribution in [0.25, 0.3) is 0 Å². The lowest BCUT2D eigenvalue weighted by Crippen LogP contribution is -2.25. The first kappa shape index (κ1) is 19.4. The van der Waals surface area contributed by atoms with Gasteiger partial charge in [0.25, 0.3) is 5.24 Å². The molecule has 2 aromatic rings.